The smallest absolute Gasteiger partial charge is 0.241 e. The lowest BCUT2D eigenvalue weighted by Gasteiger charge is -2.28. The van der Waals surface area contributed by atoms with Crippen LogP contribution in [0.5, 0.6) is 0 Å². The van der Waals surface area contributed by atoms with Crippen LogP contribution >= 0.6 is 12.4 Å². The van der Waals surface area contributed by atoms with E-state index < -0.39 is 10.0 Å². The minimum absolute atomic E-state index is 0. The Morgan fingerprint density at radius 1 is 1.00 bits per heavy atom. The molecule has 3 rings (SSSR count). The number of hydrogen-bond donors (Lipinski definition) is 1. The van der Waals surface area contributed by atoms with E-state index in [9.17, 15) is 8.42 Å². The molecule has 1 aliphatic rings. The minimum atomic E-state index is -3.45. The molecule has 0 unspecified atom stereocenters. The van der Waals surface area contributed by atoms with E-state index in [1.807, 2.05) is 32.9 Å². The highest BCUT2D eigenvalue weighted by Gasteiger charge is 2.19. The van der Waals surface area contributed by atoms with Crippen LogP contribution in [0, 0.1) is 20.8 Å². The van der Waals surface area contributed by atoms with Gasteiger partial charge in [0.05, 0.1) is 4.90 Å². The molecule has 0 fully saturated rings. The van der Waals surface area contributed by atoms with Crippen LogP contribution < -0.4 is 4.72 Å². The summed E-state index contributed by atoms with van der Waals surface area (Å²) in [4.78, 5) is 2.89. The Bertz CT molecular complexity index is 889. The van der Waals surface area contributed by atoms with Crippen molar-refractivity contribution in [2.45, 2.75) is 51.5 Å². The highest BCUT2D eigenvalue weighted by molar-refractivity contribution is 7.89. The van der Waals surface area contributed by atoms with E-state index >= 15 is 0 Å². The molecule has 0 bridgehead atoms. The first kappa shape index (κ1) is 22.9. The molecule has 28 heavy (non-hydrogen) atoms. The second kappa shape index (κ2) is 9.88. The Balaban J connectivity index is 0.00000280. The molecule has 0 aromatic heterocycles. The van der Waals surface area contributed by atoms with Crippen molar-refractivity contribution < 1.29 is 8.42 Å². The molecule has 0 saturated carbocycles. The lowest BCUT2D eigenvalue weighted by Crippen LogP contribution is -2.32. The zero-order valence-electron chi connectivity index (χ0n) is 17.0. The van der Waals surface area contributed by atoms with Gasteiger partial charge in [-0.1, -0.05) is 42.0 Å². The van der Waals surface area contributed by atoms with Crippen LogP contribution in [-0.2, 0) is 23.0 Å². The lowest BCUT2D eigenvalue weighted by molar-refractivity contribution is 0.249. The topological polar surface area (TPSA) is 49.4 Å². The third-order valence-electron chi connectivity index (χ3n) is 5.28. The van der Waals surface area contributed by atoms with Crippen molar-refractivity contribution in [3.63, 3.8) is 0 Å². The van der Waals surface area contributed by atoms with Crippen LogP contribution in [0.2, 0.25) is 0 Å². The van der Waals surface area contributed by atoms with Crippen LogP contribution in [0.25, 0.3) is 0 Å². The summed E-state index contributed by atoms with van der Waals surface area (Å²) in [7, 11) is -3.45. The van der Waals surface area contributed by atoms with Gasteiger partial charge in [-0.3, -0.25) is 4.90 Å². The summed E-state index contributed by atoms with van der Waals surface area (Å²) >= 11 is 0. The standard InChI is InChI=1S/C22H30N2O2S.ClH/c1-17-14-18(2)22(19(3)15-17)27(25,26)23-11-6-7-12-24-13-10-20-8-4-5-9-21(20)16-24;/h4-5,8-9,14-15,23H,6-7,10-13,16H2,1-3H3;1H. The number of nitrogens with one attached hydrogen (secondary N) is 1. The SMILES string of the molecule is Cc1cc(C)c(S(=O)(=O)NCCCCN2CCc3ccccc3C2)c(C)c1.Cl. The molecule has 2 aromatic carbocycles. The molecule has 6 heteroatoms. The van der Waals surface area contributed by atoms with Gasteiger partial charge in [0.25, 0.3) is 0 Å². The van der Waals surface area contributed by atoms with Gasteiger partial charge in [-0.05, 0) is 68.8 Å². The minimum Gasteiger partial charge on any atom is -0.299 e. The number of hydrogen-bond acceptors (Lipinski definition) is 3. The van der Waals surface area contributed by atoms with Gasteiger partial charge in [0, 0.05) is 19.6 Å². The summed E-state index contributed by atoms with van der Waals surface area (Å²) in [5.74, 6) is 0. The number of aryl methyl sites for hydroxylation is 3. The Morgan fingerprint density at radius 3 is 2.32 bits per heavy atom. The van der Waals surface area contributed by atoms with Gasteiger partial charge in [-0.2, -0.15) is 0 Å². The average molecular weight is 423 g/mol. The van der Waals surface area contributed by atoms with E-state index in [0.29, 0.717) is 11.4 Å². The second-order valence-electron chi connectivity index (χ2n) is 7.63. The van der Waals surface area contributed by atoms with E-state index in [1.165, 1.54) is 11.1 Å². The van der Waals surface area contributed by atoms with Crippen LogP contribution in [0.3, 0.4) is 0 Å². The fourth-order valence-electron chi connectivity index (χ4n) is 4.07. The van der Waals surface area contributed by atoms with E-state index in [0.717, 1.165) is 55.6 Å². The number of unbranched alkanes of at least 4 members (excludes halogenated alkanes) is 1. The van der Waals surface area contributed by atoms with Crippen molar-refractivity contribution in [3.05, 3.63) is 64.2 Å². The molecular formula is C22H31ClN2O2S. The summed E-state index contributed by atoms with van der Waals surface area (Å²) in [6, 6.07) is 12.5. The maximum Gasteiger partial charge on any atom is 0.241 e. The molecule has 1 aliphatic heterocycles. The molecule has 1 N–H and O–H groups in total. The van der Waals surface area contributed by atoms with E-state index in [-0.39, 0.29) is 12.4 Å². The van der Waals surface area contributed by atoms with E-state index in [2.05, 4.69) is 33.9 Å². The molecule has 154 valence electrons. The van der Waals surface area contributed by atoms with Crippen molar-refractivity contribution in [1.29, 1.82) is 0 Å². The molecule has 4 nitrogen and oxygen atoms in total. The summed E-state index contributed by atoms with van der Waals surface area (Å²) < 4.78 is 28.1. The fourth-order valence-corrected chi connectivity index (χ4v) is 5.60. The highest BCUT2D eigenvalue weighted by Crippen LogP contribution is 2.22. The maximum absolute atomic E-state index is 12.7. The van der Waals surface area contributed by atoms with Gasteiger partial charge in [0.2, 0.25) is 10.0 Å². The average Bonchev–Trinajstić information content (AvgIpc) is 2.60. The first-order valence-corrected chi connectivity index (χ1v) is 11.2. The summed E-state index contributed by atoms with van der Waals surface area (Å²) in [6.07, 6.45) is 2.95. The Hall–Kier alpha value is -1.40. The Morgan fingerprint density at radius 2 is 1.64 bits per heavy atom. The van der Waals surface area contributed by atoms with Crippen molar-refractivity contribution in [1.82, 2.24) is 9.62 Å². The maximum atomic E-state index is 12.7. The first-order valence-electron chi connectivity index (χ1n) is 9.73. The quantitative estimate of drug-likeness (QED) is 0.682. The van der Waals surface area contributed by atoms with Crippen LogP contribution in [-0.4, -0.2) is 33.0 Å². The number of benzene rings is 2. The zero-order valence-corrected chi connectivity index (χ0v) is 18.6. The van der Waals surface area contributed by atoms with Gasteiger partial charge < -0.3 is 0 Å². The van der Waals surface area contributed by atoms with Gasteiger partial charge in [-0.25, -0.2) is 13.1 Å². The second-order valence-corrected chi connectivity index (χ2v) is 9.33. The molecule has 0 amide bonds. The molecule has 0 saturated heterocycles. The molecule has 0 spiro atoms. The monoisotopic (exact) mass is 422 g/mol. The Kier molecular flexibility index (Phi) is 8.07. The summed E-state index contributed by atoms with van der Waals surface area (Å²) in [5, 5.41) is 0. The van der Waals surface area contributed by atoms with Crippen LogP contribution in [0.4, 0.5) is 0 Å². The Labute approximate surface area is 175 Å². The van der Waals surface area contributed by atoms with Crippen molar-refractivity contribution in [3.8, 4) is 0 Å². The normalized spacial score (nSPS) is 14.4. The number of rotatable bonds is 7. The third-order valence-corrected chi connectivity index (χ3v) is 7.04. The zero-order chi connectivity index (χ0) is 19.4. The van der Waals surface area contributed by atoms with Crippen LogP contribution in [0.1, 0.15) is 40.7 Å². The molecule has 1 heterocycles. The summed E-state index contributed by atoms with van der Waals surface area (Å²) in [6.45, 7) is 9.31. The predicted molar refractivity (Wildman–Crippen MR) is 118 cm³/mol. The van der Waals surface area contributed by atoms with Gasteiger partial charge >= 0.3 is 0 Å². The summed E-state index contributed by atoms with van der Waals surface area (Å²) in [5.41, 5.74) is 5.60. The molecule has 0 atom stereocenters. The van der Waals surface area contributed by atoms with Gasteiger partial charge in [0.15, 0.2) is 0 Å². The van der Waals surface area contributed by atoms with Crippen molar-refractivity contribution >= 4 is 22.4 Å². The number of halogens is 1. The predicted octanol–water partition coefficient (Wildman–Crippen LogP) is 4.15. The fraction of sp³-hybridized carbons (Fsp3) is 0.455. The van der Waals surface area contributed by atoms with Crippen molar-refractivity contribution in [2.75, 3.05) is 19.6 Å². The first-order chi connectivity index (χ1) is 12.9. The molecule has 0 radical (unpaired) electrons. The van der Waals surface area contributed by atoms with E-state index in [1.54, 1.807) is 0 Å². The van der Waals surface area contributed by atoms with Crippen molar-refractivity contribution in [2.24, 2.45) is 0 Å². The molecule has 2 aromatic rings. The number of nitrogens with zero attached hydrogens (tertiary/aromatic N) is 1. The number of fused-ring (bicyclic) bond motifs is 1. The number of sulfonamides is 1. The largest absolute Gasteiger partial charge is 0.299 e. The van der Waals surface area contributed by atoms with Gasteiger partial charge in [0.1, 0.15) is 0 Å². The van der Waals surface area contributed by atoms with Gasteiger partial charge in [-0.15, -0.1) is 12.4 Å². The lowest BCUT2D eigenvalue weighted by atomic mass is 10.00. The molecular weight excluding hydrogens is 392 g/mol. The highest BCUT2D eigenvalue weighted by atomic mass is 35.5. The third kappa shape index (κ3) is 5.57. The van der Waals surface area contributed by atoms with Crippen LogP contribution in [0.15, 0.2) is 41.3 Å². The molecule has 0 aliphatic carbocycles. The van der Waals surface area contributed by atoms with E-state index in [4.69, 9.17) is 0 Å².